The molecular formula is C9H21N2O6P. The Morgan fingerprint density at radius 2 is 1.83 bits per heavy atom. The van der Waals surface area contributed by atoms with Gasteiger partial charge in [0.1, 0.15) is 6.04 Å². The van der Waals surface area contributed by atoms with E-state index >= 15 is 0 Å². The zero-order valence-corrected chi connectivity index (χ0v) is 11.6. The molecule has 1 amide bonds. The molecule has 1 saturated heterocycles. The van der Waals surface area contributed by atoms with Crippen molar-refractivity contribution in [2.45, 2.75) is 32.4 Å². The summed E-state index contributed by atoms with van der Waals surface area (Å²) in [6, 6.07) is -0.187. The zero-order chi connectivity index (χ0) is 14.4. The van der Waals surface area contributed by atoms with Crippen LogP contribution >= 0.6 is 7.82 Å². The summed E-state index contributed by atoms with van der Waals surface area (Å²) in [5.41, 5.74) is -0.181. The van der Waals surface area contributed by atoms with Gasteiger partial charge in [-0.05, 0) is 20.8 Å². The molecule has 1 aliphatic rings. The van der Waals surface area contributed by atoms with Gasteiger partial charge >= 0.3 is 7.82 Å². The summed E-state index contributed by atoms with van der Waals surface area (Å²) in [6.45, 7) is 7.92. The minimum Gasteiger partial charge on any atom is -0.374 e. The van der Waals surface area contributed by atoms with E-state index in [2.05, 4.69) is 10.6 Å². The van der Waals surface area contributed by atoms with Crippen LogP contribution < -0.4 is 10.6 Å². The van der Waals surface area contributed by atoms with Crippen LogP contribution in [-0.4, -0.2) is 51.9 Å². The van der Waals surface area contributed by atoms with E-state index in [1.165, 1.54) is 0 Å². The van der Waals surface area contributed by atoms with Crippen LogP contribution in [0.15, 0.2) is 0 Å². The fourth-order valence-electron chi connectivity index (χ4n) is 1.12. The molecule has 1 atom stereocenters. The van der Waals surface area contributed by atoms with Crippen molar-refractivity contribution in [2.75, 3.05) is 19.7 Å². The molecule has 0 radical (unpaired) electrons. The minimum atomic E-state index is -4.64. The molecule has 0 bridgehead atoms. The van der Waals surface area contributed by atoms with E-state index in [0.717, 1.165) is 6.54 Å². The van der Waals surface area contributed by atoms with Crippen molar-refractivity contribution < 1.29 is 28.8 Å². The molecular weight excluding hydrogens is 263 g/mol. The number of carbonyl (C=O) groups is 1. The molecule has 0 spiro atoms. The van der Waals surface area contributed by atoms with Gasteiger partial charge in [0.05, 0.1) is 12.2 Å². The van der Waals surface area contributed by atoms with Gasteiger partial charge in [0, 0.05) is 13.1 Å². The second-order valence-electron chi connectivity index (χ2n) is 4.73. The average molecular weight is 284 g/mol. The molecule has 1 unspecified atom stereocenters. The van der Waals surface area contributed by atoms with Gasteiger partial charge in [-0.15, -0.1) is 0 Å². The first-order valence-corrected chi connectivity index (χ1v) is 6.99. The lowest BCUT2D eigenvalue weighted by molar-refractivity contribution is -0.127. The largest absolute Gasteiger partial charge is 0.466 e. The average Bonchev–Trinajstić information content (AvgIpc) is 2.12. The Bertz CT molecular complexity index is 302. The van der Waals surface area contributed by atoms with Crippen molar-refractivity contribution >= 4 is 13.7 Å². The van der Waals surface area contributed by atoms with Gasteiger partial charge in [-0.1, -0.05) is 0 Å². The predicted octanol–water partition coefficient (Wildman–Crippen LogP) is -1.04. The number of nitrogens with one attached hydrogen (secondary N) is 2. The molecule has 0 saturated carbocycles. The Hall–Kier alpha value is -0.500. The molecule has 8 nitrogen and oxygen atoms in total. The molecule has 0 aromatic carbocycles. The second kappa shape index (κ2) is 7.18. The summed E-state index contributed by atoms with van der Waals surface area (Å²) in [6.07, 6.45) is 0. The van der Waals surface area contributed by atoms with Crippen LogP contribution in [0.5, 0.6) is 0 Å². The predicted molar refractivity (Wildman–Crippen MR) is 64.8 cm³/mol. The lowest BCUT2D eigenvalue weighted by Crippen LogP contribution is -2.55. The van der Waals surface area contributed by atoms with E-state index in [-0.39, 0.29) is 17.6 Å². The molecule has 18 heavy (non-hydrogen) atoms. The fourth-order valence-corrected chi connectivity index (χ4v) is 1.12. The Kier molecular flexibility index (Phi) is 6.98. The van der Waals surface area contributed by atoms with Crippen LogP contribution in [0.1, 0.15) is 20.8 Å². The van der Waals surface area contributed by atoms with E-state index < -0.39 is 7.82 Å². The Labute approximate surface area is 106 Å². The van der Waals surface area contributed by atoms with E-state index in [0.29, 0.717) is 13.2 Å². The van der Waals surface area contributed by atoms with Crippen LogP contribution in [0.4, 0.5) is 0 Å². The summed E-state index contributed by atoms with van der Waals surface area (Å²) in [5.74, 6) is 0.0375. The summed E-state index contributed by atoms with van der Waals surface area (Å²) in [4.78, 5) is 32.8. The molecule has 1 rings (SSSR count). The normalized spacial score (nSPS) is 20.8. The van der Waals surface area contributed by atoms with E-state index in [1.54, 1.807) is 0 Å². The maximum absolute atomic E-state index is 11.3. The quantitative estimate of drug-likeness (QED) is 0.410. The number of carbonyl (C=O) groups excluding carboxylic acids is 1. The van der Waals surface area contributed by atoms with Crippen molar-refractivity contribution in [1.82, 2.24) is 10.6 Å². The number of rotatable bonds is 2. The molecule has 1 aliphatic heterocycles. The van der Waals surface area contributed by atoms with Gasteiger partial charge in [0.15, 0.2) is 0 Å². The van der Waals surface area contributed by atoms with Crippen molar-refractivity contribution in [3.63, 3.8) is 0 Å². The standard InChI is InChI=1S/C9H18N2O2.H3O4P/c1-9(2,3)13-6-7-8(12)11-5-4-10-7;1-5(2,3)4/h7,10H,4-6H2,1-3H3,(H,11,12);(H3,1,2,3,4). The number of phosphoric acid groups is 1. The molecule has 9 heteroatoms. The Morgan fingerprint density at radius 3 is 2.22 bits per heavy atom. The molecule has 1 fully saturated rings. The molecule has 0 aromatic heterocycles. The third kappa shape index (κ3) is 12.0. The molecule has 108 valence electrons. The summed E-state index contributed by atoms with van der Waals surface area (Å²) >= 11 is 0. The van der Waals surface area contributed by atoms with E-state index in [4.69, 9.17) is 24.0 Å². The van der Waals surface area contributed by atoms with Gasteiger partial charge in [0.25, 0.3) is 0 Å². The minimum absolute atomic E-state index is 0.0375. The van der Waals surface area contributed by atoms with E-state index in [1.807, 2.05) is 20.8 Å². The Morgan fingerprint density at radius 1 is 1.33 bits per heavy atom. The zero-order valence-electron chi connectivity index (χ0n) is 10.7. The highest BCUT2D eigenvalue weighted by Gasteiger charge is 2.23. The number of hydrogen-bond acceptors (Lipinski definition) is 4. The first-order valence-electron chi connectivity index (χ1n) is 5.42. The number of piperazine rings is 1. The maximum atomic E-state index is 11.3. The first-order chi connectivity index (χ1) is 7.99. The molecule has 0 aliphatic carbocycles. The summed E-state index contributed by atoms with van der Waals surface area (Å²) in [7, 11) is -4.64. The molecule has 5 N–H and O–H groups in total. The fraction of sp³-hybridized carbons (Fsp3) is 0.889. The van der Waals surface area contributed by atoms with Crippen LogP contribution in [0.2, 0.25) is 0 Å². The highest BCUT2D eigenvalue weighted by molar-refractivity contribution is 7.45. The molecule has 0 aromatic rings. The van der Waals surface area contributed by atoms with Crippen molar-refractivity contribution in [1.29, 1.82) is 0 Å². The Balaban J connectivity index is 0.000000494. The topological polar surface area (TPSA) is 128 Å². The van der Waals surface area contributed by atoms with Crippen molar-refractivity contribution in [3.8, 4) is 0 Å². The highest BCUT2D eigenvalue weighted by Crippen LogP contribution is 2.25. The third-order valence-electron chi connectivity index (χ3n) is 1.81. The number of hydrogen-bond donors (Lipinski definition) is 5. The smallest absolute Gasteiger partial charge is 0.374 e. The van der Waals surface area contributed by atoms with Crippen LogP contribution in [0, 0.1) is 0 Å². The number of ether oxygens (including phenoxy) is 1. The maximum Gasteiger partial charge on any atom is 0.466 e. The molecule has 1 heterocycles. The van der Waals surface area contributed by atoms with Crippen LogP contribution in [0.25, 0.3) is 0 Å². The van der Waals surface area contributed by atoms with Gasteiger partial charge in [-0.3, -0.25) is 4.79 Å². The summed E-state index contributed by atoms with van der Waals surface area (Å²) in [5, 5.41) is 5.89. The lowest BCUT2D eigenvalue weighted by Gasteiger charge is -2.27. The van der Waals surface area contributed by atoms with Crippen molar-refractivity contribution in [3.05, 3.63) is 0 Å². The van der Waals surface area contributed by atoms with Crippen LogP contribution in [-0.2, 0) is 14.1 Å². The van der Waals surface area contributed by atoms with Gasteiger partial charge in [-0.2, -0.15) is 0 Å². The highest BCUT2D eigenvalue weighted by atomic mass is 31.2. The first kappa shape index (κ1) is 17.5. The lowest BCUT2D eigenvalue weighted by atomic mass is 10.2. The van der Waals surface area contributed by atoms with Gasteiger partial charge in [-0.25, -0.2) is 4.57 Å². The van der Waals surface area contributed by atoms with Gasteiger partial charge in [0.2, 0.25) is 5.91 Å². The monoisotopic (exact) mass is 284 g/mol. The third-order valence-corrected chi connectivity index (χ3v) is 1.81. The van der Waals surface area contributed by atoms with Crippen molar-refractivity contribution in [2.24, 2.45) is 0 Å². The van der Waals surface area contributed by atoms with Gasteiger partial charge < -0.3 is 30.1 Å². The SMILES string of the molecule is CC(C)(C)OCC1NCCNC1=O.O=P(O)(O)O. The van der Waals surface area contributed by atoms with Crippen LogP contribution in [0.3, 0.4) is 0 Å². The summed E-state index contributed by atoms with van der Waals surface area (Å²) < 4.78 is 14.4. The number of amides is 1. The second-order valence-corrected chi connectivity index (χ2v) is 5.76. The van der Waals surface area contributed by atoms with E-state index in [9.17, 15) is 4.79 Å².